The topological polar surface area (TPSA) is 133 Å². The molecule has 23 heavy (non-hydrogen) atoms. The molecule has 0 spiro atoms. The number of aromatic nitrogens is 2. The van der Waals surface area contributed by atoms with Gasteiger partial charge in [0, 0.05) is 12.1 Å². The Morgan fingerprint density at radius 1 is 1.43 bits per heavy atom. The molecule has 0 aliphatic rings. The van der Waals surface area contributed by atoms with Gasteiger partial charge in [-0.2, -0.15) is 0 Å². The highest BCUT2D eigenvalue weighted by molar-refractivity contribution is 5.91. The number of benzene rings is 1. The molecule has 10 heteroatoms. The summed E-state index contributed by atoms with van der Waals surface area (Å²) in [4.78, 5) is 49.0. The van der Waals surface area contributed by atoms with Crippen LogP contribution in [-0.4, -0.2) is 33.1 Å². The second-order valence-electron chi connectivity index (χ2n) is 4.40. The van der Waals surface area contributed by atoms with E-state index in [2.05, 4.69) is 9.72 Å². The Kier molecular flexibility index (Phi) is 4.64. The van der Waals surface area contributed by atoms with Crippen LogP contribution in [0.25, 0.3) is 10.9 Å². The van der Waals surface area contributed by atoms with Gasteiger partial charge in [-0.1, -0.05) is 0 Å². The van der Waals surface area contributed by atoms with E-state index in [1.165, 1.54) is 18.2 Å². The molecule has 1 heterocycles. The van der Waals surface area contributed by atoms with E-state index in [9.17, 15) is 24.5 Å². The first-order valence-electron chi connectivity index (χ1n) is 6.52. The van der Waals surface area contributed by atoms with Gasteiger partial charge in [-0.05, 0) is 13.0 Å². The Hall–Kier alpha value is -3.30. The van der Waals surface area contributed by atoms with Crippen molar-refractivity contribution in [2.45, 2.75) is 13.5 Å². The number of amides is 2. The summed E-state index contributed by atoms with van der Waals surface area (Å²) in [6.07, 6.45) is 0.175. The van der Waals surface area contributed by atoms with Crippen LogP contribution < -0.4 is 10.9 Å². The van der Waals surface area contributed by atoms with E-state index < -0.39 is 29.0 Å². The standard InChI is InChI=1S/C13H12N4O6/c1-2-23-13(20)15-11(18)6-16-7-14-10-5-8(17(21)22)3-4-9(10)12(16)19/h3-5,7H,2,6H2,1H3,(H,15,18,20). The smallest absolute Gasteiger partial charge is 0.413 e. The van der Waals surface area contributed by atoms with Crippen LogP contribution in [0.1, 0.15) is 6.92 Å². The lowest BCUT2D eigenvalue weighted by Gasteiger charge is -2.07. The monoisotopic (exact) mass is 320 g/mol. The van der Waals surface area contributed by atoms with Crippen molar-refractivity contribution in [3.8, 4) is 0 Å². The number of non-ortho nitro benzene ring substituents is 1. The molecule has 0 unspecified atom stereocenters. The van der Waals surface area contributed by atoms with Crippen molar-refractivity contribution < 1.29 is 19.2 Å². The summed E-state index contributed by atoms with van der Waals surface area (Å²) in [5.74, 6) is -0.742. The van der Waals surface area contributed by atoms with Crippen LogP contribution in [0.5, 0.6) is 0 Å². The van der Waals surface area contributed by atoms with Crippen molar-refractivity contribution in [2.75, 3.05) is 6.61 Å². The maximum Gasteiger partial charge on any atom is 0.413 e. The Morgan fingerprint density at radius 3 is 2.83 bits per heavy atom. The molecule has 0 bridgehead atoms. The van der Waals surface area contributed by atoms with Crippen LogP contribution >= 0.6 is 0 Å². The summed E-state index contributed by atoms with van der Waals surface area (Å²) >= 11 is 0. The molecule has 0 saturated heterocycles. The number of alkyl carbamates (subject to hydrolysis) is 1. The van der Waals surface area contributed by atoms with Crippen LogP contribution in [0, 0.1) is 10.1 Å². The van der Waals surface area contributed by atoms with Gasteiger partial charge in [0.25, 0.3) is 11.2 Å². The maximum absolute atomic E-state index is 12.2. The summed E-state index contributed by atoms with van der Waals surface area (Å²) in [6, 6.07) is 3.61. The molecule has 2 rings (SSSR count). The fraction of sp³-hybridized carbons (Fsp3) is 0.231. The SMILES string of the molecule is CCOC(=O)NC(=O)Cn1cnc2cc([N+](=O)[O-])ccc2c1=O. The van der Waals surface area contributed by atoms with Crippen LogP contribution in [-0.2, 0) is 16.1 Å². The lowest BCUT2D eigenvalue weighted by atomic mass is 10.2. The number of nitrogens with one attached hydrogen (secondary N) is 1. The Labute approximate surface area is 128 Å². The maximum atomic E-state index is 12.2. The fourth-order valence-electron chi connectivity index (χ4n) is 1.85. The average molecular weight is 320 g/mol. The van der Waals surface area contributed by atoms with Gasteiger partial charge in [-0.15, -0.1) is 0 Å². The third-order valence-electron chi connectivity index (χ3n) is 2.85. The number of nitro benzene ring substituents is 1. The number of nitrogens with zero attached hydrogens (tertiary/aromatic N) is 3. The summed E-state index contributed by atoms with van der Waals surface area (Å²) < 4.78 is 5.54. The lowest BCUT2D eigenvalue weighted by Crippen LogP contribution is -2.36. The lowest BCUT2D eigenvalue weighted by molar-refractivity contribution is -0.384. The van der Waals surface area contributed by atoms with E-state index in [0.29, 0.717) is 0 Å². The van der Waals surface area contributed by atoms with Gasteiger partial charge >= 0.3 is 6.09 Å². The molecule has 1 N–H and O–H groups in total. The zero-order valence-electron chi connectivity index (χ0n) is 12.0. The molecular formula is C13H12N4O6. The zero-order valence-corrected chi connectivity index (χ0v) is 12.0. The highest BCUT2D eigenvalue weighted by Crippen LogP contribution is 2.16. The van der Waals surface area contributed by atoms with Crippen molar-refractivity contribution in [2.24, 2.45) is 0 Å². The number of imide groups is 1. The van der Waals surface area contributed by atoms with Crippen LogP contribution in [0.2, 0.25) is 0 Å². The second kappa shape index (κ2) is 6.64. The number of carbonyl (C=O) groups is 2. The largest absolute Gasteiger partial charge is 0.450 e. The Balaban J connectivity index is 2.26. The van der Waals surface area contributed by atoms with Crippen molar-refractivity contribution in [3.63, 3.8) is 0 Å². The molecule has 0 saturated carbocycles. The Morgan fingerprint density at radius 2 is 2.17 bits per heavy atom. The number of ether oxygens (including phenoxy) is 1. The third kappa shape index (κ3) is 3.67. The van der Waals surface area contributed by atoms with Crippen molar-refractivity contribution >= 4 is 28.6 Å². The first-order valence-corrected chi connectivity index (χ1v) is 6.52. The molecule has 1 aromatic carbocycles. The molecular weight excluding hydrogens is 308 g/mol. The molecule has 120 valence electrons. The molecule has 2 amide bonds. The van der Waals surface area contributed by atoms with E-state index in [1.807, 2.05) is 5.32 Å². The number of fused-ring (bicyclic) bond motifs is 1. The third-order valence-corrected chi connectivity index (χ3v) is 2.85. The minimum Gasteiger partial charge on any atom is -0.450 e. The highest BCUT2D eigenvalue weighted by Gasteiger charge is 2.13. The molecule has 1 aromatic heterocycles. The number of hydrogen-bond acceptors (Lipinski definition) is 7. The van der Waals surface area contributed by atoms with Gasteiger partial charge in [-0.3, -0.25) is 29.6 Å². The fourth-order valence-corrected chi connectivity index (χ4v) is 1.85. The molecule has 0 fully saturated rings. The van der Waals surface area contributed by atoms with E-state index in [4.69, 9.17) is 0 Å². The molecule has 10 nitrogen and oxygen atoms in total. The van der Waals surface area contributed by atoms with Gasteiger partial charge in [0.1, 0.15) is 6.54 Å². The predicted octanol–water partition coefficient (Wildman–Crippen LogP) is 0.577. The van der Waals surface area contributed by atoms with Crippen LogP contribution in [0.15, 0.2) is 29.3 Å². The van der Waals surface area contributed by atoms with E-state index in [1.54, 1.807) is 6.92 Å². The first-order chi connectivity index (χ1) is 10.9. The number of hydrogen-bond donors (Lipinski definition) is 1. The molecule has 0 atom stereocenters. The van der Waals surface area contributed by atoms with Crippen LogP contribution in [0.4, 0.5) is 10.5 Å². The number of nitro groups is 1. The van der Waals surface area contributed by atoms with E-state index >= 15 is 0 Å². The highest BCUT2D eigenvalue weighted by atomic mass is 16.6. The van der Waals surface area contributed by atoms with Gasteiger partial charge < -0.3 is 4.74 Å². The minimum absolute atomic E-state index is 0.107. The normalized spacial score (nSPS) is 10.3. The molecule has 0 radical (unpaired) electrons. The molecule has 0 aliphatic carbocycles. The minimum atomic E-state index is -0.907. The quantitative estimate of drug-likeness (QED) is 0.643. The zero-order chi connectivity index (χ0) is 17.0. The van der Waals surface area contributed by atoms with Crippen molar-refractivity contribution in [3.05, 3.63) is 45.0 Å². The van der Waals surface area contributed by atoms with Crippen LogP contribution in [0.3, 0.4) is 0 Å². The van der Waals surface area contributed by atoms with E-state index in [0.717, 1.165) is 10.9 Å². The Bertz CT molecular complexity index is 844. The summed E-state index contributed by atoms with van der Waals surface area (Å²) in [7, 11) is 0. The summed E-state index contributed by atoms with van der Waals surface area (Å²) in [6.45, 7) is 1.26. The predicted molar refractivity (Wildman–Crippen MR) is 77.8 cm³/mol. The van der Waals surface area contributed by atoms with Gasteiger partial charge in [-0.25, -0.2) is 9.78 Å². The number of rotatable bonds is 4. The summed E-state index contributed by atoms with van der Waals surface area (Å²) in [5, 5.41) is 12.8. The summed E-state index contributed by atoms with van der Waals surface area (Å²) in [5.41, 5.74) is -0.600. The van der Waals surface area contributed by atoms with Crippen molar-refractivity contribution in [1.82, 2.24) is 14.9 Å². The second-order valence-corrected chi connectivity index (χ2v) is 4.40. The van der Waals surface area contributed by atoms with Gasteiger partial charge in [0.05, 0.1) is 28.8 Å². The molecule has 2 aromatic rings. The van der Waals surface area contributed by atoms with Gasteiger partial charge in [0.15, 0.2) is 0 Å². The first kappa shape index (κ1) is 16.1. The number of carbonyl (C=O) groups excluding carboxylic acids is 2. The van der Waals surface area contributed by atoms with Gasteiger partial charge in [0.2, 0.25) is 5.91 Å². The van der Waals surface area contributed by atoms with Crippen molar-refractivity contribution in [1.29, 1.82) is 0 Å². The molecule has 0 aliphatic heterocycles. The van der Waals surface area contributed by atoms with E-state index in [-0.39, 0.29) is 23.2 Å². The average Bonchev–Trinajstić information content (AvgIpc) is 2.49.